The summed E-state index contributed by atoms with van der Waals surface area (Å²) in [7, 11) is 0. The summed E-state index contributed by atoms with van der Waals surface area (Å²) >= 11 is 0. The lowest BCUT2D eigenvalue weighted by molar-refractivity contribution is -0.145. The van der Waals surface area contributed by atoms with Crippen molar-refractivity contribution in [3.63, 3.8) is 0 Å². The Morgan fingerprint density at radius 2 is 2.03 bits per heavy atom. The van der Waals surface area contributed by atoms with E-state index in [-0.39, 0.29) is 17.0 Å². The average Bonchev–Trinajstić information content (AvgIpc) is 3.37. The maximum Gasteiger partial charge on any atom is 0.309 e. The standard InChI is InChI=1S/C22H25F2N3O4/c1-12-3-2-4-19(12)27-8-7-17(15(11-27)22(29)30)25-21(28)18-10-20(31-26-18)14-6-5-13(23)9-16(14)24/h5-6,9-10,12,15,17,19H,2-4,7-8,11H2,1H3,(H,25,28)(H,29,30)/t12-,15+,17+,19+/m0/s1. The van der Waals surface area contributed by atoms with Gasteiger partial charge in [-0.3, -0.25) is 14.5 Å². The molecule has 31 heavy (non-hydrogen) atoms. The number of nitrogens with zero attached hydrogens (tertiary/aromatic N) is 2. The van der Waals surface area contributed by atoms with Crippen molar-refractivity contribution in [2.75, 3.05) is 13.1 Å². The van der Waals surface area contributed by atoms with Gasteiger partial charge in [0.05, 0.1) is 11.5 Å². The van der Waals surface area contributed by atoms with E-state index >= 15 is 0 Å². The third-order valence-electron chi connectivity index (χ3n) is 6.50. The van der Waals surface area contributed by atoms with Crippen molar-refractivity contribution in [3.05, 3.63) is 41.6 Å². The van der Waals surface area contributed by atoms with Crippen LogP contribution >= 0.6 is 0 Å². The molecule has 4 rings (SSSR count). The molecule has 0 radical (unpaired) electrons. The highest BCUT2D eigenvalue weighted by atomic mass is 19.1. The lowest BCUT2D eigenvalue weighted by Gasteiger charge is -2.41. The number of aliphatic carboxylic acids is 1. The molecule has 2 fully saturated rings. The highest BCUT2D eigenvalue weighted by Crippen LogP contribution is 2.32. The van der Waals surface area contributed by atoms with Crippen molar-refractivity contribution in [2.45, 2.75) is 44.7 Å². The van der Waals surface area contributed by atoms with E-state index in [0.717, 1.165) is 25.3 Å². The normalized spacial score (nSPS) is 26.7. The van der Waals surface area contributed by atoms with E-state index in [0.29, 0.717) is 37.5 Å². The minimum atomic E-state index is -0.949. The van der Waals surface area contributed by atoms with Crippen molar-refractivity contribution in [3.8, 4) is 11.3 Å². The number of hydrogen-bond donors (Lipinski definition) is 2. The molecule has 1 saturated heterocycles. The van der Waals surface area contributed by atoms with E-state index in [2.05, 4.69) is 22.3 Å². The Labute approximate surface area is 178 Å². The van der Waals surface area contributed by atoms with Gasteiger partial charge in [-0.05, 0) is 37.3 Å². The summed E-state index contributed by atoms with van der Waals surface area (Å²) < 4.78 is 32.1. The summed E-state index contributed by atoms with van der Waals surface area (Å²) in [5.41, 5.74) is -0.106. The first-order valence-corrected chi connectivity index (χ1v) is 10.5. The van der Waals surface area contributed by atoms with E-state index in [1.807, 2.05) is 0 Å². The van der Waals surface area contributed by atoms with Crippen LogP contribution in [0.4, 0.5) is 8.78 Å². The number of benzene rings is 1. The Bertz CT molecular complexity index is 979. The van der Waals surface area contributed by atoms with Gasteiger partial charge in [0.15, 0.2) is 11.5 Å². The van der Waals surface area contributed by atoms with Crippen LogP contribution in [0.2, 0.25) is 0 Å². The van der Waals surface area contributed by atoms with Gasteiger partial charge >= 0.3 is 5.97 Å². The molecular formula is C22H25F2N3O4. The van der Waals surface area contributed by atoms with Gasteiger partial charge in [0.1, 0.15) is 11.6 Å². The maximum absolute atomic E-state index is 14.0. The van der Waals surface area contributed by atoms with Crippen LogP contribution in [-0.4, -0.2) is 52.2 Å². The monoisotopic (exact) mass is 433 g/mol. The van der Waals surface area contributed by atoms with Gasteiger partial charge in [-0.25, -0.2) is 8.78 Å². The highest BCUT2D eigenvalue weighted by molar-refractivity contribution is 5.93. The zero-order valence-corrected chi connectivity index (χ0v) is 17.2. The minimum absolute atomic E-state index is 0.0116. The largest absolute Gasteiger partial charge is 0.481 e. The number of carboxylic acids is 1. The van der Waals surface area contributed by atoms with Gasteiger partial charge < -0.3 is 14.9 Å². The van der Waals surface area contributed by atoms with E-state index in [9.17, 15) is 23.5 Å². The van der Waals surface area contributed by atoms with Gasteiger partial charge in [0, 0.05) is 37.3 Å². The van der Waals surface area contributed by atoms with Crippen molar-refractivity contribution in [2.24, 2.45) is 11.8 Å². The van der Waals surface area contributed by atoms with Crippen LogP contribution in [-0.2, 0) is 4.79 Å². The number of carboxylic acid groups (broad SMARTS) is 1. The predicted octanol–water partition coefficient (Wildman–Crippen LogP) is 3.31. The van der Waals surface area contributed by atoms with Crippen LogP contribution in [0.1, 0.15) is 43.1 Å². The first-order valence-electron chi connectivity index (χ1n) is 10.5. The topological polar surface area (TPSA) is 95.7 Å². The average molecular weight is 433 g/mol. The Kier molecular flexibility index (Phi) is 6.04. The second-order valence-electron chi connectivity index (χ2n) is 8.48. The van der Waals surface area contributed by atoms with Gasteiger partial charge in [-0.15, -0.1) is 0 Å². The van der Waals surface area contributed by atoms with E-state index in [1.54, 1.807) is 0 Å². The fraction of sp³-hybridized carbons (Fsp3) is 0.500. The Balaban J connectivity index is 1.44. The summed E-state index contributed by atoms with van der Waals surface area (Å²) in [6, 6.07) is 4.11. The number of amides is 1. The molecule has 1 aromatic carbocycles. The van der Waals surface area contributed by atoms with Gasteiger partial charge in [-0.2, -0.15) is 0 Å². The zero-order chi connectivity index (χ0) is 22.1. The summed E-state index contributed by atoms with van der Waals surface area (Å²) in [6.07, 6.45) is 3.90. The van der Waals surface area contributed by atoms with E-state index in [1.165, 1.54) is 12.1 Å². The molecule has 2 heterocycles. The molecule has 1 aliphatic heterocycles. The third kappa shape index (κ3) is 4.46. The number of piperidine rings is 1. The van der Waals surface area contributed by atoms with Crippen molar-refractivity contribution >= 4 is 11.9 Å². The second-order valence-corrected chi connectivity index (χ2v) is 8.48. The molecule has 2 aliphatic rings. The van der Waals surface area contributed by atoms with Crippen molar-refractivity contribution in [1.29, 1.82) is 0 Å². The van der Waals surface area contributed by atoms with Gasteiger partial charge in [0.25, 0.3) is 5.91 Å². The Morgan fingerprint density at radius 3 is 2.71 bits per heavy atom. The molecule has 1 amide bonds. The molecule has 2 N–H and O–H groups in total. The van der Waals surface area contributed by atoms with Gasteiger partial charge in [0.2, 0.25) is 0 Å². The van der Waals surface area contributed by atoms with Crippen LogP contribution in [0.3, 0.4) is 0 Å². The number of carbonyl (C=O) groups is 2. The van der Waals surface area contributed by atoms with Crippen LogP contribution < -0.4 is 5.32 Å². The number of likely N-dealkylation sites (tertiary alicyclic amines) is 1. The molecule has 1 saturated carbocycles. The summed E-state index contributed by atoms with van der Waals surface area (Å²) in [4.78, 5) is 26.8. The summed E-state index contributed by atoms with van der Waals surface area (Å²) in [5.74, 6) is -3.29. The quantitative estimate of drug-likeness (QED) is 0.751. The van der Waals surface area contributed by atoms with Crippen LogP contribution in [0.5, 0.6) is 0 Å². The lowest BCUT2D eigenvalue weighted by atomic mass is 9.89. The molecule has 7 nitrogen and oxygen atoms in total. The number of nitrogens with one attached hydrogen (secondary N) is 1. The summed E-state index contributed by atoms with van der Waals surface area (Å²) in [6.45, 7) is 3.31. The molecule has 0 unspecified atom stereocenters. The first-order chi connectivity index (χ1) is 14.8. The lowest BCUT2D eigenvalue weighted by Crippen LogP contribution is -2.56. The maximum atomic E-state index is 14.0. The third-order valence-corrected chi connectivity index (χ3v) is 6.50. The smallest absolute Gasteiger partial charge is 0.309 e. The molecule has 1 aromatic heterocycles. The molecule has 0 bridgehead atoms. The van der Waals surface area contributed by atoms with Crippen molar-refractivity contribution in [1.82, 2.24) is 15.4 Å². The SMILES string of the molecule is C[C@H]1CCC[C@H]1N1CC[C@@H](NC(=O)c2cc(-c3ccc(F)cc3F)on2)[C@H](C(=O)O)C1. The number of halogens is 2. The number of hydrogen-bond acceptors (Lipinski definition) is 5. The summed E-state index contributed by atoms with van der Waals surface area (Å²) in [5, 5.41) is 16.2. The number of rotatable bonds is 5. The molecule has 1 aliphatic carbocycles. The Hall–Kier alpha value is -2.81. The number of aromatic nitrogens is 1. The highest BCUT2D eigenvalue weighted by Gasteiger charge is 2.40. The predicted molar refractivity (Wildman–Crippen MR) is 107 cm³/mol. The van der Waals surface area contributed by atoms with Crippen LogP contribution in [0.25, 0.3) is 11.3 Å². The molecule has 166 valence electrons. The molecular weight excluding hydrogens is 408 g/mol. The molecule has 9 heteroatoms. The van der Waals surface area contributed by atoms with Crippen LogP contribution in [0, 0.1) is 23.5 Å². The molecule has 4 atom stereocenters. The Morgan fingerprint density at radius 1 is 1.23 bits per heavy atom. The fourth-order valence-electron chi connectivity index (χ4n) is 4.81. The first kappa shape index (κ1) is 21.4. The second kappa shape index (κ2) is 8.74. The molecule has 2 aromatic rings. The van der Waals surface area contributed by atoms with E-state index < -0.39 is 35.5 Å². The van der Waals surface area contributed by atoms with Crippen molar-refractivity contribution < 1.29 is 28.0 Å². The zero-order valence-electron chi connectivity index (χ0n) is 17.2. The van der Waals surface area contributed by atoms with Crippen LogP contribution in [0.15, 0.2) is 28.8 Å². The van der Waals surface area contributed by atoms with Gasteiger partial charge in [-0.1, -0.05) is 18.5 Å². The van der Waals surface area contributed by atoms with E-state index in [4.69, 9.17) is 4.52 Å². The number of carbonyl (C=O) groups excluding carboxylic acids is 1. The molecule has 0 spiro atoms. The fourth-order valence-corrected chi connectivity index (χ4v) is 4.81. The minimum Gasteiger partial charge on any atom is -0.481 e.